The fraction of sp³-hybridized carbons (Fsp3) is 0.800. The third-order valence-electron chi connectivity index (χ3n) is 4.95. The lowest BCUT2D eigenvalue weighted by Crippen LogP contribution is -2.41. The molecule has 24 heavy (non-hydrogen) atoms. The molecule has 0 bridgehead atoms. The van der Waals surface area contributed by atoms with Gasteiger partial charge in [-0.2, -0.15) is 0 Å². The van der Waals surface area contributed by atoms with Crippen molar-refractivity contribution >= 4 is 30.7 Å². The van der Waals surface area contributed by atoms with Crippen LogP contribution in [-0.4, -0.2) is 63.2 Å². The van der Waals surface area contributed by atoms with Crippen LogP contribution in [0, 0.1) is 0 Å². The van der Waals surface area contributed by atoms with Crippen LogP contribution in [0.2, 0.25) is 0 Å². The molecule has 7 nitrogen and oxygen atoms in total. The first-order chi connectivity index (χ1) is 10.7. The van der Waals surface area contributed by atoms with Crippen molar-refractivity contribution in [2.75, 3.05) is 32.7 Å². The lowest BCUT2D eigenvalue weighted by atomic mass is 9.96. The summed E-state index contributed by atoms with van der Waals surface area (Å²) in [7, 11) is 2.07. The van der Waals surface area contributed by atoms with Crippen molar-refractivity contribution < 1.29 is 4.79 Å². The minimum Gasteiger partial charge on any atom is -0.342 e. The van der Waals surface area contributed by atoms with Gasteiger partial charge in [-0.05, 0) is 38.8 Å². The lowest BCUT2D eigenvalue weighted by molar-refractivity contribution is -0.130. The first kappa shape index (κ1) is 21.2. The smallest absolute Gasteiger partial charge is 0.236 e. The number of likely N-dealkylation sites (tertiary alicyclic amines) is 2. The number of amides is 1. The van der Waals surface area contributed by atoms with Crippen molar-refractivity contribution in [2.24, 2.45) is 12.8 Å². The first-order valence-corrected chi connectivity index (χ1v) is 8.27. The molecule has 3 rings (SSSR count). The number of carbonyl (C=O) groups excluding carboxylic acids is 1. The van der Waals surface area contributed by atoms with Gasteiger partial charge in [-0.3, -0.25) is 9.69 Å². The van der Waals surface area contributed by atoms with Crippen molar-refractivity contribution in [3.8, 4) is 0 Å². The fourth-order valence-corrected chi connectivity index (χ4v) is 3.53. The molecule has 0 saturated carbocycles. The molecule has 9 heteroatoms. The van der Waals surface area contributed by atoms with E-state index < -0.39 is 0 Å². The molecule has 3 heterocycles. The Morgan fingerprint density at radius 1 is 1.12 bits per heavy atom. The van der Waals surface area contributed by atoms with Gasteiger partial charge in [0, 0.05) is 26.1 Å². The molecular weight excluding hydrogens is 351 g/mol. The second kappa shape index (κ2) is 9.56. The second-order valence-electron chi connectivity index (χ2n) is 6.38. The second-order valence-corrected chi connectivity index (χ2v) is 6.38. The van der Waals surface area contributed by atoms with Gasteiger partial charge in [0.1, 0.15) is 11.6 Å². The van der Waals surface area contributed by atoms with Crippen LogP contribution in [0.5, 0.6) is 0 Å². The van der Waals surface area contributed by atoms with E-state index in [0.29, 0.717) is 5.92 Å². The van der Waals surface area contributed by atoms with Crippen molar-refractivity contribution in [1.82, 2.24) is 24.6 Å². The molecule has 0 unspecified atom stereocenters. The predicted octanol–water partition coefficient (Wildman–Crippen LogP) is 0.919. The van der Waals surface area contributed by atoms with Gasteiger partial charge in [-0.1, -0.05) is 0 Å². The van der Waals surface area contributed by atoms with Gasteiger partial charge in [0.15, 0.2) is 0 Å². The zero-order chi connectivity index (χ0) is 15.5. The van der Waals surface area contributed by atoms with E-state index in [1.807, 2.05) is 4.90 Å². The summed E-state index contributed by atoms with van der Waals surface area (Å²) in [6.45, 7) is 4.89. The molecule has 0 radical (unpaired) electrons. The summed E-state index contributed by atoms with van der Waals surface area (Å²) < 4.78 is 2.16. The highest BCUT2D eigenvalue weighted by Gasteiger charge is 2.27. The first-order valence-electron chi connectivity index (χ1n) is 8.27. The molecule has 1 amide bonds. The van der Waals surface area contributed by atoms with E-state index in [1.165, 1.54) is 25.9 Å². The van der Waals surface area contributed by atoms with E-state index in [2.05, 4.69) is 26.7 Å². The summed E-state index contributed by atoms with van der Waals surface area (Å²) in [4.78, 5) is 15.9. The molecule has 1 aromatic rings. The number of nitrogens with zero attached hydrogens (tertiary/aromatic N) is 5. The highest BCUT2D eigenvalue weighted by molar-refractivity contribution is 5.85. The number of halogens is 2. The fourth-order valence-electron chi connectivity index (χ4n) is 3.53. The van der Waals surface area contributed by atoms with Crippen LogP contribution < -0.4 is 5.73 Å². The quantitative estimate of drug-likeness (QED) is 0.842. The van der Waals surface area contributed by atoms with Gasteiger partial charge in [0.2, 0.25) is 5.91 Å². The maximum atomic E-state index is 11.6. The summed E-state index contributed by atoms with van der Waals surface area (Å²) in [6.07, 6.45) is 4.47. The molecule has 138 valence electrons. The topological polar surface area (TPSA) is 80.3 Å². The molecule has 0 aliphatic carbocycles. The average Bonchev–Trinajstić information content (AvgIpc) is 3.18. The molecule has 0 aromatic carbocycles. The van der Waals surface area contributed by atoms with Gasteiger partial charge in [-0.15, -0.1) is 35.0 Å². The molecular formula is C15H28Cl2N6O. The van der Waals surface area contributed by atoms with Gasteiger partial charge in [-0.25, -0.2) is 0 Å². The van der Waals surface area contributed by atoms with E-state index in [9.17, 15) is 4.79 Å². The van der Waals surface area contributed by atoms with Crippen molar-refractivity contribution in [2.45, 2.75) is 38.1 Å². The third kappa shape index (κ3) is 4.59. The Morgan fingerprint density at radius 3 is 2.33 bits per heavy atom. The Bertz CT molecular complexity index is 524. The SMILES string of the molecule is Cl.Cl.Cn1c(CN2CCCC2)nnc1C1CCN(C(=O)CN)CC1. The van der Waals surface area contributed by atoms with E-state index in [1.54, 1.807) is 0 Å². The van der Waals surface area contributed by atoms with E-state index >= 15 is 0 Å². The highest BCUT2D eigenvalue weighted by Crippen LogP contribution is 2.27. The zero-order valence-corrected chi connectivity index (χ0v) is 15.8. The summed E-state index contributed by atoms with van der Waals surface area (Å²) in [5.41, 5.74) is 5.43. The Morgan fingerprint density at radius 2 is 1.75 bits per heavy atom. The zero-order valence-electron chi connectivity index (χ0n) is 14.2. The third-order valence-corrected chi connectivity index (χ3v) is 4.95. The Labute approximate surface area is 155 Å². The Hall–Kier alpha value is -0.890. The van der Waals surface area contributed by atoms with Crippen LogP contribution in [0.1, 0.15) is 43.3 Å². The molecule has 0 spiro atoms. The minimum atomic E-state index is 0. The van der Waals surface area contributed by atoms with E-state index in [0.717, 1.165) is 44.1 Å². The minimum absolute atomic E-state index is 0. The van der Waals surface area contributed by atoms with E-state index in [4.69, 9.17) is 5.73 Å². The number of hydrogen-bond acceptors (Lipinski definition) is 5. The molecule has 2 aliphatic rings. The largest absolute Gasteiger partial charge is 0.342 e. The molecule has 2 saturated heterocycles. The van der Waals surface area contributed by atoms with Gasteiger partial charge < -0.3 is 15.2 Å². The van der Waals surface area contributed by atoms with Crippen molar-refractivity contribution in [1.29, 1.82) is 0 Å². The summed E-state index contributed by atoms with van der Waals surface area (Å²) in [5, 5.41) is 8.83. The van der Waals surface area contributed by atoms with Crippen LogP contribution in [-0.2, 0) is 18.4 Å². The number of rotatable bonds is 4. The van der Waals surface area contributed by atoms with Crippen LogP contribution in [0.3, 0.4) is 0 Å². The summed E-state index contributed by atoms with van der Waals surface area (Å²) in [6, 6.07) is 0. The average molecular weight is 379 g/mol. The maximum Gasteiger partial charge on any atom is 0.236 e. The monoisotopic (exact) mass is 378 g/mol. The van der Waals surface area contributed by atoms with Gasteiger partial charge in [0.05, 0.1) is 13.1 Å². The number of nitrogens with two attached hydrogens (primary N) is 1. The van der Waals surface area contributed by atoms with Gasteiger partial charge >= 0.3 is 0 Å². The predicted molar refractivity (Wildman–Crippen MR) is 97.6 cm³/mol. The van der Waals surface area contributed by atoms with Crippen molar-refractivity contribution in [3.05, 3.63) is 11.6 Å². The van der Waals surface area contributed by atoms with Crippen LogP contribution >= 0.6 is 24.8 Å². The summed E-state index contributed by atoms with van der Waals surface area (Å²) in [5.74, 6) is 2.56. The maximum absolute atomic E-state index is 11.6. The number of piperidine rings is 1. The Balaban J connectivity index is 0.00000144. The number of carbonyl (C=O) groups is 1. The van der Waals surface area contributed by atoms with Crippen LogP contribution in [0.25, 0.3) is 0 Å². The standard InChI is InChI=1S/C15H26N6O.2ClH/c1-19-13(11-20-6-2-3-7-20)17-18-15(19)12-4-8-21(9-5-12)14(22)10-16;;/h12H,2-11,16H2,1H3;2*1H. The number of hydrogen-bond donors (Lipinski definition) is 1. The molecule has 2 fully saturated rings. The molecule has 2 N–H and O–H groups in total. The van der Waals surface area contributed by atoms with Gasteiger partial charge in [0.25, 0.3) is 0 Å². The lowest BCUT2D eigenvalue weighted by Gasteiger charge is -2.31. The van der Waals surface area contributed by atoms with Crippen molar-refractivity contribution in [3.63, 3.8) is 0 Å². The molecule has 0 atom stereocenters. The Kier molecular flexibility index (Phi) is 8.42. The van der Waals surface area contributed by atoms with E-state index in [-0.39, 0.29) is 37.3 Å². The molecule has 1 aromatic heterocycles. The normalized spacial score (nSPS) is 19.0. The number of aromatic nitrogens is 3. The summed E-state index contributed by atoms with van der Waals surface area (Å²) >= 11 is 0. The van der Waals surface area contributed by atoms with Crippen LogP contribution in [0.4, 0.5) is 0 Å². The highest BCUT2D eigenvalue weighted by atomic mass is 35.5. The van der Waals surface area contributed by atoms with Crippen LogP contribution in [0.15, 0.2) is 0 Å². The molecule has 2 aliphatic heterocycles.